The number of aromatic nitrogens is 2. The number of hydrogen-bond acceptors (Lipinski definition) is 4. The summed E-state index contributed by atoms with van der Waals surface area (Å²) in [6, 6.07) is 1.76. The molecule has 0 radical (unpaired) electrons. The first-order chi connectivity index (χ1) is 5.86. The number of aliphatic hydroxyl groups is 2. The second-order valence-corrected chi connectivity index (χ2v) is 2.41. The van der Waals surface area contributed by atoms with Crippen molar-refractivity contribution in [3.63, 3.8) is 0 Å². The van der Waals surface area contributed by atoms with Gasteiger partial charge in [0.2, 0.25) is 0 Å². The van der Waals surface area contributed by atoms with Gasteiger partial charge in [0.05, 0.1) is 6.61 Å². The Morgan fingerprint density at radius 2 is 1.92 bits per heavy atom. The SMILES string of the molecule is OCCc1ccnc(CCO)n1. The summed E-state index contributed by atoms with van der Waals surface area (Å²) in [7, 11) is 0. The summed E-state index contributed by atoms with van der Waals surface area (Å²) >= 11 is 0. The second kappa shape index (κ2) is 4.79. The molecule has 0 aromatic carbocycles. The van der Waals surface area contributed by atoms with Gasteiger partial charge in [0, 0.05) is 31.3 Å². The predicted octanol–water partition coefficient (Wildman–Crippen LogP) is -0.454. The Labute approximate surface area is 70.9 Å². The molecule has 1 heterocycles. The van der Waals surface area contributed by atoms with Gasteiger partial charge >= 0.3 is 0 Å². The van der Waals surface area contributed by atoms with Gasteiger partial charge in [-0.2, -0.15) is 0 Å². The Balaban J connectivity index is 2.67. The Bertz CT molecular complexity index is 219. The van der Waals surface area contributed by atoms with Crippen molar-refractivity contribution in [2.24, 2.45) is 0 Å². The average Bonchev–Trinajstić information content (AvgIpc) is 2.06. The molecule has 4 heteroatoms. The van der Waals surface area contributed by atoms with Gasteiger partial charge < -0.3 is 10.2 Å². The summed E-state index contributed by atoms with van der Waals surface area (Å²) in [5, 5.41) is 17.2. The van der Waals surface area contributed by atoms with Gasteiger partial charge in [-0.3, -0.25) is 0 Å². The van der Waals surface area contributed by atoms with Crippen LogP contribution in [0.2, 0.25) is 0 Å². The molecule has 1 rings (SSSR count). The first-order valence-corrected chi connectivity index (χ1v) is 3.89. The van der Waals surface area contributed by atoms with Gasteiger partial charge in [0.15, 0.2) is 0 Å². The van der Waals surface area contributed by atoms with E-state index in [4.69, 9.17) is 10.2 Å². The molecule has 0 spiro atoms. The van der Waals surface area contributed by atoms with Gasteiger partial charge in [0.1, 0.15) is 5.82 Å². The fraction of sp³-hybridized carbons (Fsp3) is 0.500. The Morgan fingerprint density at radius 1 is 1.17 bits per heavy atom. The molecule has 2 N–H and O–H groups in total. The highest BCUT2D eigenvalue weighted by molar-refractivity contribution is 5.02. The van der Waals surface area contributed by atoms with E-state index >= 15 is 0 Å². The zero-order valence-corrected chi connectivity index (χ0v) is 6.77. The zero-order valence-electron chi connectivity index (χ0n) is 6.77. The summed E-state index contributed by atoms with van der Waals surface area (Å²) in [6.07, 6.45) is 2.66. The smallest absolute Gasteiger partial charge is 0.130 e. The minimum absolute atomic E-state index is 0.0581. The normalized spacial score (nSPS) is 10.2. The Kier molecular flexibility index (Phi) is 3.63. The van der Waals surface area contributed by atoms with Crippen LogP contribution in [0.3, 0.4) is 0 Å². The van der Waals surface area contributed by atoms with Crippen LogP contribution in [-0.2, 0) is 12.8 Å². The molecule has 0 bridgehead atoms. The van der Waals surface area contributed by atoms with E-state index in [0.29, 0.717) is 18.7 Å². The van der Waals surface area contributed by atoms with E-state index in [1.165, 1.54) is 0 Å². The fourth-order valence-corrected chi connectivity index (χ4v) is 0.915. The van der Waals surface area contributed by atoms with Crippen molar-refractivity contribution >= 4 is 0 Å². The van der Waals surface area contributed by atoms with Crippen LogP contribution in [0.15, 0.2) is 12.3 Å². The molecule has 66 valence electrons. The molecule has 0 unspecified atom stereocenters. The summed E-state index contributed by atoms with van der Waals surface area (Å²) in [4.78, 5) is 8.08. The van der Waals surface area contributed by atoms with Gasteiger partial charge in [-0.15, -0.1) is 0 Å². The third kappa shape index (κ3) is 2.56. The number of aliphatic hydroxyl groups excluding tert-OH is 2. The first-order valence-electron chi connectivity index (χ1n) is 3.89. The molecule has 0 aliphatic carbocycles. The van der Waals surface area contributed by atoms with Crippen molar-refractivity contribution in [3.05, 3.63) is 23.8 Å². The van der Waals surface area contributed by atoms with E-state index in [-0.39, 0.29) is 13.2 Å². The molecule has 0 saturated carbocycles. The maximum atomic E-state index is 8.63. The highest BCUT2D eigenvalue weighted by Gasteiger charge is 1.97. The molecule has 0 fully saturated rings. The lowest BCUT2D eigenvalue weighted by Gasteiger charge is -1.99. The summed E-state index contributed by atoms with van der Waals surface area (Å²) in [5.74, 6) is 0.628. The van der Waals surface area contributed by atoms with E-state index in [0.717, 1.165) is 5.69 Å². The zero-order chi connectivity index (χ0) is 8.81. The average molecular weight is 168 g/mol. The third-order valence-electron chi connectivity index (χ3n) is 1.47. The van der Waals surface area contributed by atoms with Crippen molar-refractivity contribution in [2.75, 3.05) is 13.2 Å². The highest BCUT2D eigenvalue weighted by atomic mass is 16.3. The molecule has 0 aliphatic heterocycles. The fourth-order valence-electron chi connectivity index (χ4n) is 0.915. The number of rotatable bonds is 4. The molecule has 12 heavy (non-hydrogen) atoms. The molecule has 0 amide bonds. The van der Waals surface area contributed by atoms with Crippen LogP contribution in [0.5, 0.6) is 0 Å². The quantitative estimate of drug-likeness (QED) is 0.638. The topological polar surface area (TPSA) is 66.2 Å². The molecule has 0 atom stereocenters. The van der Waals surface area contributed by atoms with Crippen molar-refractivity contribution in [3.8, 4) is 0 Å². The maximum Gasteiger partial charge on any atom is 0.130 e. The lowest BCUT2D eigenvalue weighted by atomic mass is 10.3. The first kappa shape index (κ1) is 9.09. The van der Waals surface area contributed by atoms with Gasteiger partial charge in [-0.25, -0.2) is 9.97 Å². The van der Waals surface area contributed by atoms with Crippen molar-refractivity contribution in [2.45, 2.75) is 12.8 Å². The predicted molar refractivity (Wildman–Crippen MR) is 43.6 cm³/mol. The Morgan fingerprint density at radius 3 is 2.58 bits per heavy atom. The number of hydrogen-bond donors (Lipinski definition) is 2. The minimum atomic E-state index is 0.0581. The monoisotopic (exact) mass is 168 g/mol. The lowest BCUT2D eigenvalue weighted by molar-refractivity contribution is 0.294. The summed E-state index contributed by atoms with van der Waals surface area (Å²) in [5.41, 5.74) is 0.816. The Hall–Kier alpha value is -1.00. The standard InChI is InChI=1S/C8H12N2O2/c11-5-2-7-1-4-9-8(10-7)3-6-12/h1,4,11-12H,2-3,5-6H2. The second-order valence-electron chi connectivity index (χ2n) is 2.41. The van der Waals surface area contributed by atoms with E-state index in [2.05, 4.69) is 9.97 Å². The van der Waals surface area contributed by atoms with E-state index in [1.54, 1.807) is 12.3 Å². The molecule has 4 nitrogen and oxygen atoms in total. The van der Waals surface area contributed by atoms with Gasteiger partial charge in [-0.05, 0) is 6.07 Å². The van der Waals surface area contributed by atoms with Crippen molar-refractivity contribution < 1.29 is 10.2 Å². The van der Waals surface area contributed by atoms with Crippen molar-refractivity contribution in [1.29, 1.82) is 0 Å². The van der Waals surface area contributed by atoms with Crippen LogP contribution >= 0.6 is 0 Å². The lowest BCUT2D eigenvalue weighted by Crippen LogP contribution is -2.02. The molecule has 0 saturated heterocycles. The van der Waals surface area contributed by atoms with Crippen LogP contribution in [0.1, 0.15) is 11.5 Å². The molecular weight excluding hydrogens is 156 g/mol. The third-order valence-corrected chi connectivity index (χ3v) is 1.47. The molecule has 1 aromatic rings. The maximum absolute atomic E-state index is 8.63. The van der Waals surface area contributed by atoms with Crippen LogP contribution in [0.25, 0.3) is 0 Å². The molecule has 1 aromatic heterocycles. The van der Waals surface area contributed by atoms with Crippen LogP contribution in [-0.4, -0.2) is 33.4 Å². The largest absolute Gasteiger partial charge is 0.396 e. The van der Waals surface area contributed by atoms with Crippen LogP contribution in [0, 0.1) is 0 Å². The number of nitrogens with zero attached hydrogens (tertiary/aromatic N) is 2. The van der Waals surface area contributed by atoms with Crippen LogP contribution in [0.4, 0.5) is 0 Å². The summed E-state index contributed by atoms with van der Waals surface area (Å²) < 4.78 is 0. The van der Waals surface area contributed by atoms with Crippen molar-refractivity contribution in [1.82, 2.24) is 9.97 Å². The summed E-state index contributed by atoms with van der Waals surface area (Å²) in [6.45, 7) is 0.151. The van der Waals surface area contributed by atoms with Gasteiger partial charge in [0.25, 0.3) is 0 Å². The molecule has 0 aliphatic rings. The minimum Gasteiger partial charge on any atom is -0.396 e. The van der Waals surface area contributed by atoms with Gasteiger partial charge in [-0.1, -0.05) is 0 Å². The molecular formula is C8H12N2O2. The van der Waals surface area contributed by atoms with E-state index in [9.17, 15) is 0 Å². The highest BCUT2D eigenvalue weighted by Crippen LogP contribution is 1.96. The van der Waals surface area contributed by atoms with E-state index in [1.807, 2.05) is 0 Å². The van der Waals surface area contributed by atoms with E-state index < -0.39 is 0 Å². The van der Waals surface area contributed by atoms with Crippen LogP contribution < -0.4 is 0 Å².